The molecule has 180 valence electrons. The van der Waals surface area contributed by atoms with Crippen LogP contribution in [0.2, 0.25) is 0 Å². The van der Waals surface area contributed by atoms with Gasteiger partial charge in [0.2, 0.25) is 0 Å². The van der Waals surface area contributed by atoms with Crippen LogP contribution in [0.3, 0.4) is 0 Å². The Kier molecular flexibility index (Phi) is 6.63. The lowest BCUT2D eigenvalue weighted by atomic mass is 9.95. The predicted molar refractivity (Wildman–Crippen MR) is 107 cm³/mol. The quantitative estimate of drug-likeness (QED) is 0.479. The second-order valence-electron chi connectivity index (χ2n) is 8.84. The van der Waals surface area contributed by atoms with Crippen LogP contribution in [0.1, 0.15) is 56.5 Å². The first-order valence-electron chi connectivity index (χ1n) is 10.2. The average molecular weight is 475 g/mol. The number of ether oxygens (including phenoxy) is 1. The summed E-state index contributed by atoms with van der Waals surface area (Å²) in [4.78, 5) is 22.2. The molecule has 0 unspecified atom stereocenters. The number of piperidine rings is 1. The van der Waals surface area contributed by atoms with Crippen molar-refractivity contribution in [3.05, 3.63) is 47.4 Å². The molecule has 1 fully saturated rings. The second kappa shape index (κ2) is 8.83. The van der Waals surface area contributed by atoms with Gasteiger partial charge < -0.3 is 9.64 Å². The normalized spacial score (nSPS) is 16.1. The Morgan fingerprint density at radius 2 is 1.52 bits per heavy atom. The van der Waals surface area contributed by atoms with Gasteiger partial charge in [0.15, 0.2) is 0 Å². The summed E-state index contributed by atoms with van der Waals surface area (Å²) in [6.45, 7) is 6.02. The molecule has 0 atom stereocenters. The molecule has 3 rings (SSSR count). The third kappa shape index (κ3) is 6.35. The Hall–Kier alpha value is -2.85. The Bertz CT molecular complexity index is 974. The van der Waals surface area contributed by atoms with E-state index in [0.717, 1.165) is 0 Å². The smallest absolute Gasteiger partial charge is 0.416 e. The molecule has 5 nitrogen and oxygen atoms in total. The van der Waals surface area contributed by atoms with Crippen LogP contribution in [0.15, 0.2) is 30.5 Å². The molecule has 1 aromatic heterocycles. The fourth-order valence-electron chi connectivity index (χ4n) is 3.48. The zero-order valence-electron chi connectivity index (χ0n) is 18.2. The standard InChI is InChI=1S/C22H23F6N3O2/c1-20(2,3)33-19(32)31-8-5-13(6-9-31)18-29-7-4-17(30-18)14-10-15(21(23,24)25)12-16(11-14)22(26,27)28/h4,7,10-13H,5-6,8-9H2,1-3H3. The lowest BCUT2D eigenvalue weighted by Gasteiger charge is -2.33. The van der Waals surface area contributed by atoms with Gasteiger partial charge in [0.05, 0.1) is 16.8 Å². The maximum atomic E-state index is 13.2. The van der Waals surface area contributed by atoms with Crippen molar-refractivity contribution in [3.63, 3.8) is 0 Å². The van der Waals surface area contributed by atoms with Crippen molar-refractivity contribution in [3.8, 4) is 11.3 Å². The van der Waals surface area contributed by atoms with Gasteiger partial charge in [0.1, 0.15) is 11.4 Å². The Morgan fingerprint density at radius 3 is 2.00 bits per heavy atom. The molecule has 11 heteroatoms. The molecular weight excluding hydrogens is 452 g/mol. The highest BCUT2D eigenvalue weighted by atomic mass is 19.4. The highest BCUT2D eigenvalue weighted by Crippen LogP contribution is 2.38. The van der Waals surface area contributed by atoms with Gasteiger partial charge in [0.25, 0.3) is 0 Å². The number of carbonyl (C=O) groups excluding carboxylic acids is 1. The van der Waals surface area contributed by atoms with Gasteiger partial charge >= 0.3 is 18.4 Å². The van der Waals surface area contributed by atoms with E-state index in [1.165, 1.54) is 12.3 Å². The Morgan fingerprint density at radius 1 is 0.970 bits per heavy atom. The van der Waals surface area contributed by atoms with E-state index in [2.05, 4.69) is 9.97 Å². The van der Waals surface area contributed by atoms with Gasteiger partial charge in [0, 0.05) is 30.8 Å². The second-order valence-corrected chi connectivity index (χ2v) is 8.84. The number of benzene rings is 1. The molecule has 0 radical (unpaired) electrons. The molecule has 0 bridgehead atoms. The SMILES string of the molecule is CC(C)(C)OC(=O)N1CCC(c2nccc(-c3cc(C(F)(F)F)cc(C(F)(F)F)c3)n2)CC1. The van der Waals surface area contributed by atoms with Crippen LogP contribution in [-0.2, 0) is 17.1 Å². The van der Waals surface area contributed by atoms with Crippen molar-refractivity contribution in [1.82, 2.24) is 14.9 Å². The summed E-state index contributed by atoms with van der Waals surface area (Å²) in [5.74, 6) is 0.110. The van der Waals surface area contributed by atoms with E-state index in [1.54, 1.807) is 25.7 Å². The topological polar surface area (TPSA) is 55.3 Å². The summed E-state index contributed by atoms with van der Waals surface area (Å²) >= 11 is 0. The van der Waals surface area contributed by atoms with E-state index >= 15 is 0 Å². The fraction of sp³-hybridized carbons (Fsp3) is 0.500. The third-order valence-electron chi connectivity index (χ3n) is 5.07. The maximum absolute atomic E-state index is 13.2. The first-order chi connectivity index (χ1) is 15.1. The number of hydrogen-bond donors (Lipinski definition) is 0. The van der Waals surface area contributed by atoms with Gasteiger partial charge in [-0.3, -0.25) is 0 Å². The van der Waals surface area contributed by atoms with Crippen molar-refractivity contribution < 1.29 is 35.9 Å². The zero-order chi connectivity index (χ0) is 24.6. The summed E-state index contributed by atoms with van der Waals surface area (Å²) in [5.41, 5.74) is -3.78. The van der Waals surface area contributed by atoms with Crippen LogP contribution in [0.25, 0.3) is 11.3 Å². The van der Waals surface area contributed by atoms with Crippen molar-refractivity contribution in [1.29, 1.82) is 0 Å². The predicted octanol–water partition coefficient (Wildman–Crippen LogP) is 6.30. The van der Waals surface area contributed by atoms with Crippen molar-refractivity contribution in [2.75, 3.05) is 13.1 Å². The van der Waals surface area contributed by atoms with E-state index in [0.29, 0.717) is 43.9 Å². The minimum Gasteiger partial charge on any atom is -0.444 e. The molecule has 33 heavy (non-hydrogen) atoms. The molecule has 0 saturated carbocycles. The van der Waals surface area contributed by atoms with Crippen molar-refractivity contribution >= 4 is 6.09 Å². The lowest BCUT2D eigenvalue weighted by Crippen LogP contribution is -2.41. The van der Waals surface area contributed by atoms with Gasteiger partial charge in [-0.25, -0.2) is 14.8 Å². The molecule has 0 N–H and O–H groups in total. The molecule has 0 spiro atoms. The summed E-state index contributed by atoms with van der Waals surface area (Å²) < 4.78 is 84.4. The molecule has 1 aliphatic rings. The van der Waals surface area contributed by atoms with Crippen molar-refractivity contribution in [2.24, 2.45) is 0 Å². The van der Waals surface area contributed by atoms with Gasteiger partial charge in [-0.2, -0.15) is 26.3 Å². The number of aromatic nitrogens is 2. The molecule has 2 aromatic rings. The zero-order valence-corrected chi connectivity index (χ0v) is 18.2. The maximum Gasteiger partial charge on any atom is 0.416 e. The highest BCUT2D eigenvalue weighted by molar-refractivity contribution is 5.68. The molecule has 1 aromatic carbocycles. The van der Waals surface area contributed by atoms with Crippen molar-refractivity contribution in [2.45, 2.75) is 57.5 Å². The Balaban J connectivity index is 1.83. The number of amides is 1. The summed E-state index contributed by atoms with van der Waals surface area (Å²) in [6, 6.07) is 2.64. The van der Waals surface area contributed by atoms with E-state index in [1.807, 2.05) is 0 Å². The minimum atomic E-state index is -4.94. The summed E-state index contributed by atoms with van der Waals surface area (Å²) in [6.07, 6.45) is -8.05. The van der Waals surface area contributed by atoms with Crippen LogP contribution in [0.5, 0.6) is 0 Å². The monoisotopic (exact) mass is 475 g/mol. The first kappa shape index (κ1) is 24.8. The molecular formula is C22H23F6N3O2. The van der Waals surface area contributed by atoms with Crippen LogP contribution in [0, 0.1) is 0 Å². The van der Waals surface area contributed by atoms with Crippen LogP contribution in [-0.4, -0.2) is 39.7 Å². The lowest BCUT2D eigenvalue weighted by molar-refractivity contribution is -0.143. The molecule has 0 aliphatic carbocycles. The van der Waals surface area contributed by atoms with E-state index in [4.69, 9.17) is 4.74 Å². The minimum absolute atomic E-state index is 0.0360. The van der Waals surface area contributed by atoms with Gasteiger partial charge in [-0.1, -0.05) is 0 Å². The molecule has 2 heterocycles. The largest absolute Gasteiger partial charge is 0.444 e. The van der Waals surface area contributed by atoms with E-state index in [9.17, 15) is 31.1 Å². The number of carbonyl (C=O) groups is 1. The van der Waals surface area contributed by atoms with E-state index in [-0.39, 0.29) is 23.2 Å². The highest BCUT2D eigenvalue weighted by Gasteiger charge is 2.37. The fourth-order valence-corrected chi connectivity index (χ4v) is 3.48. The number of likely N-dealkylation sites (tertiary alicyclic amines) is 1. The number of halogens is 6. The number of rotatable bonds is 2. The summed E-state index contributed by atoms with van der Waals surface area (Å²) in [5, 5.41) is 0. The molecule has 1 saturated heterocycles. The average Bonchev–Trinajstić information content (AvgIpc) is 2.71. The van der Waals surface area contributed by atoms with Crippen LogP contribution in [0.4, 0.5) is 31.1 Å². The van der Waals surface area contributed by atoms with Gasteiger partial charge in [-0.05, 0) is 57.9 Å². The molecule has 1 amide bonds. The molecule has 1 aliphatic heterocycles. The van der Waals surface area contributed by atoms with Crippen LogP contribution >= 0.6 is 0 Å². The van der Waals surface area contributed by atoms with Crippen LogP contribution < -0.4 is 0 Å². The summed E-state index contributed by atoms with van der Waals surface area (Å²) in [7, 11) is 0. The van der Waals surface area contributed by atoms with E-state index < -0.39 is 35.2 Å². The van der Waals surface area contributed by atoms with Gasteiger partial charge in [-0.15, -0.1) is 0 Å². The number of nitrogens with zero attached hydrogens (tertiary/aromatic N) is 3. The Labute approximate surface area is 186 Å². The number of hydrogen-bond acceptors (Lipinski definition) is 4. The third-order valence-corrected chi connectivity index (χ3v) is 5.07. The first-order valence-corrected chi connectivity index (χ1v) is 10.2. The number of alkyl halides is 6.